The first-order valence-electron chi connectivity index (χ1n) is 11.0. The highest BCUT2D eigenvalue weighted by atomic mass is 16.4. The van der Waals surface area contributed by atoms with E-state index >= 15 is 0 Å². The third kappa shape index (κ3) is 9.85. The van der Waals surface area contributed by atoms with Gasteiger partial charge in [0.25, 0.3) is 0 Å². The minimum absolute atomic E-state index is 0.0323. The molecule has 6 atom stereocenters. The molecule has 0 saturated carbocycles. The van der Waals surface area contributed by atoms with E-state index in [1.807, 2.05) is 0 Å². The van der Waals surface area contributed by atoms with Gasteiger partial charge in [-0.25, -0.2) is 4.79 Å². The third-order valence-corrected chi connectivity index (χ3v) is 5.19. The van der Waals surface area contributed by atoms with Crippen LogP contribution >= 0.6 is 0 Å². The number of phenolic OH excluding ortho intramolecular Hbond substituents is 1. The SMILES string of the molecule is CC(O)C(N)C(=O)NC(Cc1ccc(O)cc1)C(=O)NC(C(=O)NC(CCC(N)=O)C(=O)O)C(C)O. The van der Waals surface area contributed by atoms with Gasteiger partial charge < -0.3 is 47.8 Å². The highest BCUT2D eigenvalue weighted by Crippen LogP contribution is 2.12. The number of phenols is 1. The summed E-state index contributed by atoms with van der Waals surface area (Å²) in [5.41, 5.74) is 11.2. The van der Waals surface area contributed by atoms with Gasteiger partial charge in [0.15, 0.2) is 0 Å². The Bertz CT molecular complexity index is 936. The molecule has 0 aliphatic carbocycles. The molecule has 0 heterocycles. The van der Waals surface area contributed by atoms with Crippen LogP contribution < -0.4 is 27.4 Å². The number of hydrogen-bond donors (Lipinski definition) is 9. The molecule has 200 valence electrons. The lowest BCUT2D eigenvalue weighted by atomic mass is 10.0. The van der Waals surface area contributed by atoms with Crippen molar-refractivity contribution in [2.75, 3.05) is 0 Å². The first kappa shape index (κ1) is 30.3. The van der Waals surface area contributed by atoms with Crippen molar-refractivity contribution in [1.82, 2.24) is 16.0 Å². The zero-order valence-corrected chi connectivity index (χ0v) is 19.9. The molecule has 36 heavy (non-hydrogen) atoms. The van der Waals surface area contributed by atoms with E-state index in [2.05, 4.69) is 16.0 Å². The number of rotatable bonds is 14. The molecule has 4 amide bonds. The fourth-order valence-electron chi connectivity index (χ4n) is 3.03. The van der Waals surface area contributed by atoms with Crippen molar-refractivity contribution < 1.29 is 44.4 Å². The van der Waals surface area contributed by atoms with Crippen molar-refractivity contribution in [3.05, 3.63) is 29.8 Å². The van der Waals surface area contributed by atoms with E-state index in [4.69, 9.17) is 11.5 Å². The van der Waals surface area contributed by atoms with Crippen LogP contribution in [-0.2, 0) is 30.4 Å². The zero-order valence-electron chi connectivity index (χ0n) is 19.9. The van der Waals surface area contributed by atoms with E-state index in [-0.39, 0.29) is 25.0 Å². The van der Waals surface area contributed by atoms with Gasteiger partial charge in [-0.2, -0.15) is 0 Å². The highest BCUT2D eigenvalue weighted by molar-refractivity contribution is 5.94. The topological polar surface area (TPSA) is 254 Å². The number of carboxylic acid groups (broad SMARTS) is 1. The van der Waals surface area contributed by atoms with Crippen molar-refractivity contribution in [2.45, 2.75) is 69.5 Å². The number of benzene rings is 1. The number of nitrogens with two attached hydrogens (primary N) is 2. The van der Waals surface area contributed by atoms with Crippen molar-refractivity contribution in [1.29, 1.82) is 0 Å². The summed E-state index contributed by atoms with van der Waals surface area (Å²) in [6.07, 6.45) is -3.47. The molecule has 1 aromatic rings. The van der Waals surface area contributed by atoms with Gasteiger partial charge in [-0.3, -0.25) is 19.2 Å². The number of aliphatic hydroxyl groups excluding tert-OH is 2. The lowest BCUT2D eigenvalue weighted by molar-refractivity contribution is -0.143. The molecule has 0 radical (unpaired) electrons. The van der Waals surface area contributed by atoms with Crippen LogP contribution in [0.2, 0.25) is 0 Å². The highest BCUT2D eigenvalue weighted by Gasteiger charge is 2.33. The largest absolute Gasteiger partial charge is 0.508 e. The first-order valence-corrected chi connectivity index (χ1v) is 11.0. The number of aromatic hydroxyl groups is 1. The molecule has 0 fully saturated rings. The minimum Gasteiger partial charge on any atom is -0.508 e. The molecular weight excluding hydrogens is 478 g/mol. The second kappa shape index (κ2) is 14.0. The number of primary amides is 1. The Morgan fingerprint density at radius 2 is 1.42 bits per heavy atom. The summed E-state index contributed by atoms with van der Waals surface area (Å²) in [5.74, 6) is -5.09. The summed E-state index contributed by atoms with van der Waals surface area (Å²) in [5, 5.41) is 45.2. The quantitative estimate of drug-likeness (QED) is 0.121. The normalized spacial score (nSPS) is 15.9. The number of amides is 4. The number of hydrogen-bond acceptors (Lipinski definition) is 9. The second-order valence-electron chi connectivity index (χ2n) is 8.33. The molecule has 6 unspecified atom stereocenters. The number of aliphatic hydroxyl groups is 2. The molecule has 1 rings (SSSR count). The first-order chi connectivity index (χ1) is 16.7. The number of nitrogens with one attached hydrogen (secondary N) is 3. The Hall–Kier alpha value is -3.75. The van der Waals surface area contributed by atoms with E-state index in [1.54, 1.807) is 0 Å². The van der Waals surface area contributed by atoms with E-state index < -0.39 is 66.0 Å². The molecule has 0 aliphatic heterocycles. The Kier molecular flexibility index (Phi) is 11.7. The van der Waals surface area contributed by atoms with Gasteiger partial charge in [0.1, 0.15) is 29.9 Å². The number of carbonyl (C=O) groups is 5. The Balaban J connectivity index is 3.09. The summed E-state index contributed by atoms with van der Waals surface area (Å²) in [6.45, 7) is 2.46. The average Bonchev–Trinajstić information content (AvgIpc) is 2.79. The maximum absolute atomic E-state index is 13.0. The van der Waals surface area contributed by atoms with Crippen molar-refractivity contribution >= 4 is 29.6 Å². The van der Waals surface area contributed by atoms with Crippen LogP contribution in [0.25, 0.3) is 0 Å². The molecule has 14 heteroatoms. The van der Waals surface area contributed by atoms with E-state index in [1.165, 1.54) is 38.1 Å². The van der Waals surface area contributed by atoms with Crippen LogP contribution in [0.4, 0.5) is 0 Å². The second-order valence-corrected chi connectivity index (χ2v) is 8.33. The molecular formula is C22H33N5O9. The third-order valence-electron chi connectivity index (χ3n) is 5.19. The molecule has 0 aliphatic rings. The number of aliphatic carboxylic acids is 1. The molecule has 0 bridgehead atoms. The summed E-state index contributed by atoms with van der Waals surface area (Å²) in [6, 6.07) is -0.132. The predicted molar refractivity (Wildman–Crippen MR) is 125 cm³/mol. The fourth-order valence-corrected chi connectivity index (χ4v) is 3.03. The minimum atomic E-state index is -1.63. The number of carboxylic acids is 1. The summed E-state index contributed by atoms with van der Waals surface area (Å²) >= 11 is 0. The van der Waals surface area contributed by atoms with Gasteiger partial charge >= 0.3 is 5.97 Å². The predicted octanol–water partition coefficient (Wildman–Crippen LogP) is -3.17. The molecule has 0 aromatic heterocycles. The lowest BCUT2D eigenvalue weighted by Crippen LogP contribution is -2.60. The van der Waals surface area contributed by atoms with Crippen LogP contribution in [0, 0.1) is 0 Å². The van der Waals surface area contributed by atoms with Gasteiger partial charge in [-0.15, -0.1) is 0 Å². The van der Waals surface area contributed by atoms with Crippen LogP contribution in [-0.4, -0.2) is 86.4 Å². The van der Waals surface area contributed by atoms with Gasteiger partial charge in [-0.1, -0.05) is 12.1 Å². The maximum Gasteiger partial charge on any atom is 0.326 e. The smallest absolute Gasteiger partial charge is 0.326 e. The zero-order chi connectivity index (χ0) is 27.6. The molecule has 0 spiro atoms. The van der Waals surface area contributed by atoms with Crippen LogP contribution in [0.1, 0.15) is 32.3 Å². The van der Waals surface area contributed by atoms with Gasteiger partial charge in [-0.05, 0) is 38.0 Å². The van der Waals surface area contributed by atoms with E-state index in [9.17, 15) is 44.4 Å². The van der Waals surface area contributed by atoms with Crippen molar-refractivity contribution in [3.8, 4) is 5.75 Å². The maximum atomic E-state index is 13.0. The molecule has 1 aromatic carbocycles. The Morgan fingerprint density at radius 3 is 1.89 bits per heavy atom. The monoisotopic (exact) mass is 511 g/mol. The van der Waals surface area contributed by atoms with E-state index in [0.29, 0.717) is 5.56 Å². The molecule has 14 nitrogen and oxygen atoms in total. The van der Waals surface area contributed by atoms with Crippen molar-refractivity contribution in [2.24, 2.45) is 11.5 Å². The standard InChI is InChI=1S/C22H33N5O9/c1-10(28)17(24)20(33)26-15(9-12-3-5-13(30)6-4-12)19(32)27-18(11(2)29)21(34)25-14(22(35)36)7-8-16(23)31/h3-6,10-11,14-15,17-18,28-30H,7-9,24H2,1-2H3,(H2,23,31)(H,25,34)(H,26,33)(H,27,32)(H,35,36). The fraction of sp³-hybridized carbons (Fsp3) is 0.500. The van der Waals surface area contributed by atoms with Crippen molar-refractivity contribution in [3.63, 3.8) is 0 Å². The molecule has 0 saturated heterocycles. The Labute approximate surface area is 207 Å². The van der Waals surface area contributed by atoms with Gasteiger partial charge in [0, 0.05) is 12.8 Å². The summed E-state index contributed by atoms with van der Waals surface area (Å²) in [7, 11) is 0. The van der Waals surface area contributed by atoms with Crippen LogP contribution in [0.15, 0.2) is 24.3 Å². The lowest BCUT2D eigenvalue weighted by Gasteiger charge is -2.27. The summed E-state index contributed by atoms with van der Waals surface area (Å²) in [4.78, 5) is 60.5. The van der Waals surface area contributed by atoms with Gasteiger partial charge in [0.2, 0.25) is 23.6 Å². The summed E-state index contributed by atoms with van der Waals surface area (Å²) < 4.78 is 0. The van der Waals surface area contributed by atoms with Gasteiger partial charge in [0.05, 0.1) is 12.2 Å². The molecule has 11 N–H and O–H groups in total. The van der Waals surface area contributed by atoms with Crippen LogP contribution in [0.5, 0.6) is 5.75 Å². The van der Waals surface area contributed by atoms with Crippen LogP contribution in [0.3, 0.4) is 0 Å². The Morgan fingerprint density at radius 1 is 0.861 bits per heavy atom. The number of carbonyl (C=O) groups excluding carboxylic acids is 4. The average molecular weight is 512 g/mol. The van der Waals surface area contributed by atoms with E-state index in [0.717, 1.165) is 0 Å².